The van der Waals surface area contributed by atoms with E-state index in [0.29, 0.717) is 56.2 Å². The van der Waals surface area contributed by atoms with Crippen LogP contribution in [-0.4, -0.2) is 86.3 Å². The van der Waals surface area contributed by atoms with E-state index in [-0.39, 0.29) is 43.8 Å². The molecule has 1 fully saturated rings. The number of hydrogen-bond donors (Lipinski definition) is 1. The maximum Gasteiger partial charge on any atom is 0.342 e. The molecule has 0 bridgehead atoms. The normalized spacial score (nSPS) is 20.9. The summed E-state index contributed by atoms with van der Waals surface area (Å²) in [6.07, 6.45) is 9.71. The van der Waals surface area contributed by atoms with Crippen molar-refractivity contribution < 1.29 is 43.2 Å². The van der Waals surface area contributed by atoms with Crippen LogP contribution in [0.2, 0.25) is 0 Å². The highest BCUT2D eigenvalue weighted by atomic mass is 16.7. The Balaban J connectivity index is 1.98. The summed E-state index contributed by atoms with van der Waals surface area (Å²) in [5.74, 6) is -0.0673. The predicted octanol–water partition coefficient (Wildman–Crippen LogP) is 4.17. The van der Waals surface area contributed by atoms with E-state index in [1.807, 2.05) is 13.8 Å². The summed E-state index contributed by atoms with van der Waals surface area (Å²) in [6, 6.07) is 3.30. The van der Waals surface area contributed by atoms with Crippen molar-refractivity contribution >= 4 is 17.6 Å². The smallest absolute Gasteiger partial charge is 0.342 e. The first kappa shape index (κ1) is 33.1. The lowest BCUT2D eigenvalue weighted by atomic mass is 9.99. The molecule has 1 N–H and O–H groups in total. The first-order valence-electron chi connectivity index (χ1n) is 14.7. The summed E-state index contributed by atoms with van der Waals surface area (Å²) in [6.45, 7) is 7.54. The second-order valence-electron chi connectivity index (χ2n) is 10.0. The number of rotatable bonds is 11. The Morgan fingerprint density at radius 2 is 1.79 bits per heavy atom. The van der Waals surface area contributed by atoms with Crippen LogP contribution in [0.25, 0.3) is 0 Å². The molecule has 1 saturated heterocycles. The number of benzene rings is 1. The van der Waals surface area contributed by atoms with Crippen LogP contribution in [0.3, 0.4) is 0 Å². The second kappa shape index (κ2) is 18.2. The van der Waals surface area contributed by atoms with E-state index in [1.54, 1.807) is 48.3 Å². The lowest BCUT2D eigenvalue weighted by Crippen LogP contribution is -2.37. The zero-order chi connectivity index (χ0) is 30.2. The summed E-state index contributed by atoms with van der Waals surface area (Å²) in [5.41, 5.74) is 1.14. The molecule has 2 heterocycles. The van der Waals surface area contributed by atoms with Crippen molar-refractivity contribution in [2.24, 2.45) is 5.16 Å². The summed E-state index contributed by atoms with van der Waals surface area (Å²) in [4.78, 5) is 33.5. The highest BCUT2D eigenvalue weighted by molar-refractivity contribution is 6.00. The van der Waals surface area contributed by atoms with Gasteiger partial charge in [0.05, 0.1) is 11.8 Å². The van der Waals surface area contributed by atoms with Crippen LogP contribution >= 0.6 is 0 Å². The van der Waals surface area contributed by atoms with Crippen LogP contribution in [-0.2, 0) is 30.3 Å². The van der Waals surface area contributed by atoms with Crippen LogP contribution < -0.4 is 9.47 Å². The summed E-state index contributed by atoms with van der Waals surface area (Å²) < 4.78 is 28.1. The van der Waals surface area contributed by atoms with E-state index in [2.05, 4.69) is 5.16 Å². The van der Waals surface area contributed by atoms with Crippen molar-refractivity contribution in [2.75, 3.05) is 46.5 Å². The molecule has 0 unspecified atom stereocenters. The Hall–Kier alpha value is -3.41. The minimum absolute atomic E-state index is 0.00840. The average molecular weight is 589 g/mol. The van der Waals surface area contributed by atoms with Crippen LogP contribution in [0.5, 0.6) is 11.5 Å². The van der Waals surface area contributed by atoms with Gasteiger partial charge in [0.2, 0.25) is 0 Å². The fourth-order valence-electron chi connectivity index (χ4n) is 4.46. The topological polar surface area (TPSA) is 125 Å². The number of carbonyl (C=O) groups is 2. The van der Waals surface area contributed by atoms with E-state index in [0.717, 1.165) is 19.3 Å². The number of esters is 1. The number of aliphatic hydroxyl groups excluding tert-OH is 1. The minimum Gasteiger partial charge on any atom is -0.467 e. The van der Waals surface area contributed by atoms with Gasteiger partial charge in [-0.05, 0) is 64.2 Å². The van der Waals surface area contributed by atoms with Gasteiger partial charge in [0, 0.05) is 45.2 Å². The SMILES string of the molecule is CCOCOc1cc2c(c(OCOCC)c1)C(=O)O[C@H](C)CC=C[C@H](O)CC=CC(=NOCC(=O)N1CCCCC1)C2. The maximum atomic E-state index is 13.5. The van der Waals surface area contributed by atoms with E-state index < -0.39 is 18.2 Å². The van der Waals surface area contributed by atoms with Gasteiger partial charge in [0.15, 0.2) is 20.2 Å². The number of cyclic esters (lactones) is 1. The molecule has 42 heavy (non-hydrogen) atoms. The summed E-state index contributed by atoms with van der Waals surface area (Å²) in [7, 11) is 0. The third-order valence-electron chi connectivity index (χ3n) is 6.65. The van der Waals surface area contributed by atoms with Crippen molar-refractivity contribution in [2.45, 2.75) is 71.5 Å². The van der Waals surface area contributed by atoms with Gasteiger partial charge in [0.25, 0.3) is 5.91 Å². The molecule has 11 heteroatoms. The molecule has 0 aromatic heterocycles. The first-order valence-corrected chi connectivity index (χ1v) is 14.7. The zero-order valence-electron chi connectivity index (χ0n) is 24.9. The number of carbonyl (C=O) groups excluding carboxylic acids is 2. The van der Waals surface area contributed by atoms with E-state index >= 15 is 0 Å². The number of fused-ring (bicyclic) bond motifs is 1. The molecule has 11 nitrogen and oxygen atoms in total. The van der Waals surface area contributed by atoms with E-state index in [4.69, 9.17) is 28.5 Å². The molecule has 232 valence electrons. The number of piperidine rings is 1. The monoisotopic (exact) mass is 588 g/mol. The largest absolute Gasteiger partial charge is 0.467 e. The van der Waals surface area contributed by atoms with Crippen molar-refractivity contribution in [3.63, 3.8) is 0 Å². The number of likely N-dealkylation sites (tertiary alicyclic amines) is 1. The Bertz CT molecular complexity index is 1100. The van der Waals surface area contributed by atoms with Crippen LogP contribution in [0.15, 0.2) is 41.6 Å². The Kier molecular flexibility index (Phi) is 14.3. The fraction of sp³-hybridized carbons (Fsp3) is 0.581. The van der Waals surface area contributed by atoms with Crippen molar-refractivity contribution in [1.82, 2.24) is 4.90 Å². The summed E-state index contributed by atoms with van der Waals surface area (Å²) in [5, 5.41) is 14.6. The molecule has 1 aromatic rings. The molecule has 2 aliphatic heterocycles. The molecule has 0 aliphatic carbocycles. The second-order valence-corrected chi connectivity index (χ2v) is 10.0. The number of allylic oxidation sites excluding steroid dienone is 1. The van der Waals surface area contributed by atoms with Crippen LogP contribution in [0.4, 0.5) is 0 Å². The molecule has 0 radical (unpaired) electrons. The molecule has 1 aromatic carbocycles. The highest BCUT2D eigenvalue weighted by Gasteiger charge is 2.24. The number of amides is 1. The molecular formula is C31H44N2O9. The van der Waals surface area contributed by atoms with Crippen molar-refractivity contribution in [3.8, 4) is 11.5 Å². The highest BCUT2D eigenvalue weighted by Crippen LogP contribution is 2.32. The first-order chi connectivity index (χ1) is 20.4. The van der Waals surface area contributed by atoms with Gasteiger partial charge in [-0.15, -0.1) is 0 Å². The Labute approximate surface area is 248 Å². The zero-order valence-corrected chi connectivity index (χ0v) is 24.9. The molecular weight excluding hydrogens is 544 g/mol. The lowest BCUT2D eigenvalue weighted by molar-refractivity contribution is -0.137. The summed E-state index contributed by atoms with van der Waals surface area (Å²) >= 11 is 0. The van der Waals surface area contributed by atoms with Gasteiger partial charge in [0.1, 0.15) is 23.2 Å². The Morgan fingerprint density at radius 3 is 2.52 bits per heavy atom. The average Bonchev–Trinajstić information content (AvgIpc) is 2.97. The molecule has 3 rings (SSSR count). The number of ether oxygens (including phenoxy) is 5. The van der Waals surface area contributed by atoms with Gasteiger partial charge in [-0.25, -0.2) is 4.79 Å². The van der Waals surface area contributed by atoms with Crippen molar-refractivity contribution in [3.05, 3.63) is 47.6 Å². The van der Waals surface area contributed by atoms with E-state index in [9.17, 15) is 14.7 Å². The van der Waals surface area contributed by atoms with E-state index in [1.165, 1.54) is 0 Å². The van der Waals surface area contributed by atoms with Crippen molar-refractivity contribution in [1.29, 1.82) is 0 Å². The predicted molar refractivity (Wildman–Crippen MR) is 157 cm³/mol. The van der Waals surface area contributed by atoms with Gasteiger partial charge in [-0.1, -0.05) is 23.4 Å². The molecule has 1 amide bonds. The number of nitrogens with zero attached hydrogens (tertiary/aromatic N) is 2. The van der Waals surface area contributed by atoms with Gasteiger partial charge < -0.3 is 38.5 Å². The van der Waals surface area contributed by atoms with Crippen LogP contribution in [0.1, 0.15) is 68.8 Å². The standard InChI is InChI=1S/C31H44N2O9/c1-4-37-21-39-27-18-24-17-25(32-41-20-29(35)33-15-7-6-8-16-33)12-10-14-26(34)13-9-11-23(3)42-31(36)30(24)28(19-27)40-22-38-5-2/h9-10,12-13,18-19,23,26,34H,4-8,11,14-17,20-22H2,1-3H3/t23-,26+/m1/s1. The lowest BCUT2D eigenvalue weighted by Gasteiger charge is -2.26. The van der Waals surface area contributed by atoms with Gasteiger partial charge in [-0.3, -0.25) is 4.79 Å². The fourth-order valence-corrected chi connectivity index (χ4v) is 4.46. The van der Waals surface area contributed by atoms with Gasteiger partial charge in [-0.2, -0.15) is 0 Å². The minimum atomic E-state index is -0.723. The molecule has 2 atom stereocenters. The number of oxime groups is 1. The maximum absolute atomic E-state index is 13.5. The number of aliphatic hydroxyl groups is 1. The third kappa shape index (κ3) is 11.1. The van der Waals surface area contributed by atoms with Crippen LogP contribution in [0, 0.1) is 0 Å². The molecule has 0 spiro atoms. The third-order valence-corrected chi connectivity index (χ3v) is 6.65. The molecule has 2 aliphatic rings. The molecule has 0 saturated carbocycles. The van der Waals surface area contributed by atoms with Gasteiger partial charge >= 0.3 is 5.97 Å². The number of hydrogen-bond acceptors (Lipinski definition) is 10. The Morgan fingerprint density at radius 1 is 1.05 bits per heavy atom. The quantitative estimate of drug-likeness (QED) is 0.133.